The lowest BCUT2D eigenvalue weighted by Gasteiger charge is -2.18. The molecule has 0 unspecified atom stereocenters. The van der Waals surface area contributed by atoms with E-state index in [4.69, 9.17) is 9.97 Å². The van der Waals surface area contributed by atoms with E-state index >= 15 is 0 Å². The summed E-state index contributed by atoms with van der Waals surface area (Å²) in [6.45, 7) is 13.6. The van der Waals surface area contributed by atoms with Crippen LogP contribution in [0.15, 0.2) is 0 Å². The fourth-order valence-corrected chi connectivity index (χ4v) is 3.64. The zero-order chi connectivity index (χ0) is 15.6. The molecule has 0 saturated heterocycles. The quantitative estimate of drug-likeness (QED) is 0.880. The summed E-state index contributed by atoms with van der Waals surface area (Å²) in [5.41, 5.74) is 1.30. The van der Waals surface area contributed by atoms with Crippen LogP contribution in [0.5, 0.6) is 0 Å². The molecule has 1 N–H and O–H groups in total. The number of hydrogen-bond acceptors (Lipinski definition) is 5. The third kappa shape index (κ3) is 3.71. The Morgan fingerprint density at radius 3 is 2.57 bits per heavy atom. The summed E-state index contributed by atoms with van der Waals surface area (Å²) in [5, 5.41) is 4.59. The van der Waals surface area contributed by atoms with Crippen LogP contribution in [0, 0.1) is 19.8 Å². The van der Waals surface area contributed by atoms with Crippen LogP contribution in [0.2, 0.25) is 0 Å². The summed E-state index contributed by atoms with van der Waals surface area (Å²) in [4.78, 5) is 14.2. The lowest BCUT2D eigenvalue weighted by molar-refractivity contribution is 0.282. The fraction of sp³-hybridized carbons (Fsp3) is 0.625. The van der Waals surface area contributed by atoms with E-state index in [1.807, 2.05) is 0 Å². The monoisotopic (exact) mass is 306 g/mol. The number of rotatable bonds is 6. The Kier molecular flexibility index (Phi) is 5.17. The highest BCUT2D eigenvalue weighted by molar-refractivity contribution is 7.18. The summed E-state index contributed by atoms with van der Waals surface area (Å²) in [6.07, 6.45) is 0. The lowest BCUT2D eigenvalue weighted by Crippen LogP contribution is -2.24. The van der Waals surface area contributed by atoms with Crippen molar-refractivity contribution in [3.8, 4) is 0 Å². The Morgan fingerprint density at radius 1 is 1.24 bits per heavy atom. The van der Waals surface area contributed by atoms with Crippen LogP contribution in [-0.4, -0.2) is 35.0 Å². The number of nitrogens with zero attached hydrogens (tertiary/aromatic N) is 3. The molecule has 0 aliphatic carbocycles. The van der Waals surface area contributed by atoms with Crippen molar-refractivity contribution in [1.29, 1.82) is 0 Å². The molecule has 0 fully saturated rings. The van der Waals surface area contributed by atoms with Crippen LogP contribution in [0.1, 0.15) is 37.0 Å². The van der Waals surface area contributed by atoms with Crippen molar-refractivity contribution >= 4 is 27.4 Å². The molecule has 0 aromatic carbocycles. The number of thiophene rings is 1. The van der Waals surface area contributed by atoms with Crippen molar-refractivity contribution in [2.24, 2.45) is 5.92 Å². The Morgan fingerprint density at radius 2 is 1.95 bits per heavy atom. The van der Waals surface area contributed by atoms with Gasteiger partial charge in [0, 0.05) is 18.0 Å². The summed E-state index contributed by atoms with van der Waals surface area (Å²) in [6, 6.07) is 0. The first-order chi connectivity index (χ1) is 9.92. The lowest BCUT2D eigenvalue weighted by atomic mass is 10.2. The van der Waals surface area contributed by atoms with Crippen molar-refractivity contribution in [3.05, 3.63) is 16.3 Å². The Bertz CT molecular complexity index is 618. The molecule has 5 heteroatoms. The molecule has 21 heavy (non-hydrogen) atoms. The number of aryl methyl sites for hydroxylation is 2. The molecule has 116 valence electrons. The van der Waals surface area contributed by atoms with Crippen molar-refractivity contribution in [2.45, 2.75) is 41.2 Å². The van der Waals surface area contributed by atoms with Crippen LogP contribution in [-0.2, 0) is 6.54 Å². The van der Waals surface area contributed by atoms with Crippen LogP contribution in [0.3, 0.4) is 0 Å². The largest absolute Gasteiger partial charge is 0.370 e. The predicted octanol–water partition coefficient (Wildman–Crippen LogP) is 3.83. The zero-order valence-electron chi connectivity index (χ0n) is 13.9. The summed E-state index contributed by atoms with van der Waals surface area (Å²) < 4.78 is 0. The highest BCUT2D eigenvalue weighted by atomic mass is 32.1. The van der Waals surface area contributed by atoms with Gasteiger partial charge in [-0.25, -0.2) is 9.97 Å². The molecule has 2 heterocycles. The minimum Gasteiger partial charge on any atom is -0.370 e. The molecule has 0 radical (unpaired) electrons. The molecule has 2 aromatic rings. The average molecular weight is 306 g/mol. The molecule has 2 rings (SSSR count). The SMILES string of the molecule is CCNc1nc(CN(C)CC(C)C)nc2sc(C)c(C)c12. The number of aromatic nitrogens is 2. The van der Waals surface area contributed by atoms with Gasteiger partial charge in [0.25, 0.3) is 0 Å². The summed E-state index contributed by atoms with van der Waals surface area (Å²) in [7, 11) is 2.13. The maximum Gasteiger partial charge on any atom is 0.146 e. The van der Waals surface area contributed by atoms with Crippen LogP contribution in [0.4, 0.5) is 5.82 Å². The van der Waals surface area contributed by atoms with E-state index in [9.17, 15) is 0 Å². The zero-order valence-corrected chi connectivity index (χ0v) is 14.8. The number of hydrogen-bond donors (Lipinski definition) is 1. The predicted molar refractivity (Wildman–Crippen MR) is 92.2 cm³/mol. The number of nitrogens with one attached hydrogen (secondary N) is 1. The topological polar surface area (TPSA) is 41.1 Å². The summed E-state index contributed by atoms with van der Waals surface area (Å²) >= 11 is 1.76. The number of fused-ring (bicyclic) bond motifs is 1. The maximum absolute atomic E-state index is 4.77. The summed E-state index contributed by atoms with van der Waals surface area (Å²) in [5.74, 6) is 2.54. The van der Waals surface area contributed by atoms with E-state index in [0.717, 1.165) is 36.1 Å². The van der Waals surface area contributed by atoms with Crippen molar-refractivity contribution in [3.63, 3.8) is 0 Å². The molecule has 0 amide bonds. The molecular weight excluding hydrogens is 280 g/mol. The van der Waals surface area contributed by atoms with Gasteiger partial charge < -0.3 is 5.32 Å². The van der Waals surface area contributed by atoms with Crippen LogP contribution < -0.4 is 5.32 Å². The van der Waals surface area contributed by atoms with Gasteiger partial charge in [0.05, 0.1) is 11.9 Å². The van der Waals surface area contributed by atoms with Gasteiger partial charge in [0.15, 0.2) is 0 Å². The molecular formula is C16H26N4S. The Hall–Kier alpha value is -1.20. The molecule has 0 spiro atoms. The smallest absolute Gasteiger partial charge is 0.146 e. The normalized spacial score (nSPS) is 11.8. The van der Waals surface area contributed by atoms with Gasteiger partial charge in [0.1, 0.15) is 16.5 Å². The second kappa shape index (κ2) is 6.71. The minimum absolute atomic E-state index is 0.651. The first-order valence-corrected chi connectivity index (χ1v) is 8.43. The van der Waals surface area contributed by atoms with Gasteiger partial charge in [-0.05, 0) is 39.3 Å². The van der Waals surface area contributed by atoms with Crippen molar-refractivity contribution in [2.75, 3.05) is 25.5 Å². The Balaban J connectivity index is 2.37. The van der Waals surface area contributed by atoms with Gasteiger partial charge in [-0.2, -0.15) is 0 Å². The third-order valence-corrected chi connectivity index (χ3v) is 4.61. The molecule has 0 aliphatic heterocycles. The van der Waals surface area contributed by atoms with Crippen LogP contribution >= 0.6 is 11.3 Å². The van der Waals surface area contributed by atoms with E-state index in [1.54, 1.807) is 11.3 Å². The minimum atomic E-state index is 0.651. The third-order valence-electron chi connectivity index (χ3n) is 3.51. The van der Waals surface area contributed by atoms with Crippen molar-refractivity contribution in [1.82, 2.24) is 14.9 Å². The van der Waals surface area contributed by atoms with Crippen LogP contribution in [0.25, 0.3) is 10.2 Å². The highest BCUT2D eigenvalue weighted by Crippen LogP contribution is 2.33. The first kappa shape index (κ1) is 16.2. The van der Waals surface area contributed by atoms with Gasteiger partial charge >= 0.3 is 0 Å². The standard InChI is InChI=1S/C16H26N4S/c1-7-17-15-14-11(4)12(5)21-16(14)19-13(18-15)9-20(6)8-10(2)3/h10H,7-9H2,1-6H3,(H,17,18,19). The first-order valence-electron chi connectivity index (χ1n) is 7.61. The molecule has 2 aromatic heterocycles. The van der Waals surface area contributed by atoms with E-state index in [1.165, 1.54) is 15.8 Å². The number of anilines is 1. The molecule has 4 nitrogen and oxygen atoms in total. The molecule has 0 bridgehead atoms. The fourth-order valence-electron chi connectivity index (χ4n) is 2.59. The Labute approximate surface area is 131 Å². The van der Waals surface area contributed by atoms with E-state index < -0.39 is 0 Å². The van der Waals surface area contributed by atoms with Gasteiger partial charge in [-0.15, -0.1) is 11.3 Å². The van der Waals surface area contributed by atoms with Gasteiger partial charge in [0.2, 0.25) is 0 Å². The molecule has 0 atom stereocenters. The maximum atomic E-state index is 4.77. The van der Waals surface area contributed by atoms with Gasteiger partial charge in [-0.1, -0.05) is 13.8 Å². The molecule has 0 saturated carbocycles. The van der Waals surface area contributed by atoms with E-state index in [2.05, 4.69) is 51.9 Å². The van der Waals surface area contributed by atoms with Crippen molar-refractivity contribution < 1.29 is 0 Å². The van der Waals surface area contributed by atoms with E-state index in [0.29, 0.717) is 5.92 Å². The van der Waals surface area contributed by atoms with Gasteiger partial charge in [-0.3, -0.25) is 4.90 Å². The second-order valence-electron chi connectivity index (χ2n) is 6.07. The van der Waals surface area contributed by atoms with E-state index in [-0.39, 0.29) is 0 Å². The average Bonchev–Trinajstić information content (AvgIpc) is 2.64. The second-order valence-corrected chi connectivity index (χ2v) is 7.28. The molecule has 0 aliphatic rings. The highest BCUT2D eigenvalue weighted by Gasteiger charge is 2.15.